The third-order valence-electron chi connectivity index (χ3n) is 7.25. The van der Waals surface area contributed by atoms with E-state index in [4.69, 9.17) is 14.2 Å². The largest absolute Gasteiger partial charge is 0.457 e. The van der Waals surface area contributed by atoms with Crippen molar-refractivity contribution < 1.29 is 24.1 Å². The second-order valence-corrected chi connectivity index (χ2v) is 10.6. The first kappa shape index (κ1) is 27.2. The Kier molecular flexibility index (Phi) is 11.4. The van der Waals surface area contributed by atoms with Gasteiger partial charge in [-0.1, -0.05) is 64.0 Å². The van der Waals surface area contributed by atoms with Crippen molar-refractivity contribution in [3.8, 4) is 0 Å². The molecule has 4 bridgehead atoms. The molecule has 1 N–H and O–H groups in total. The van der Waals surface area contributed by atoms with Gasteiger partial charge in [-0.15, -0.1) is 0 Å². The van der Waals surface area contributed by atoms with E-state index in [1.165, 1.54) is 19.3 Å². The monoisotopic (exact) mass is 474 g/mol. The maximum Gasteiger partial charge on any atom is 0.309 e. The third kappa shape index (κ3) is 9.31. The van der Waals surface area contributed by atoms with Crippen molar-refractivity contribution in [2.24, 2.45) is 11.8 Å². The van der Waals surface area contributed by atoms with Crippen LogP contribution in [-0.4, -0.2) is 47.7 Å². The molecule has 192 valence electrons. The standard InChI is InChI=1S/C29H46O5/c1-4-5-6-7-8-9-13-28-22(3)15-14-21(2)16-24-11-10-12-25(32-24)19-26-17-23(30)18-27(33-26)20-29(31)34-28/h7-9,13-15,21-28,30H,4-6,10-12,16-20H2,1-3H3/t21-,22-,23+,24+,25?,26?,27?,28?/m0/s1. The Balaban J connectivity index is 1.74. The van der Waals surface area contributed by atoms with Gasteiger partial charge in [0.15, 0.2) is 0 Å². The molecule has 0 amide bonds. The van der Waals surface area contributed by atoms with E-state index >= 15 is 0 Å². The molecule has 0 aliphatic carbocycles. The Labute approximate surface area is 206 Å². The maximum atomic E-state index is 12.9. The number of fused-ring (bicyclic) bond motifs is 4. The number of unbranched alkanes of at least 4 members (excludes halogenated alkanes) is 2. The Morgan fingerprint density at radius 3 is 2.50 bits per heavy atom. The molecule has 3 aliphatic rings. The Morgan fingerprint density at radius 2 is 1.71 bits per heavy atom. The average Bonchev–Trinajstić information content (AvgIpc) is 2.78. The van der Waals surface area contributed by atoms with Crippen LogP contribution in [0.25, 0.3) is 0 Å². The molecule has 0 radical (unpaired) electrons. The molecule has 0 aromatic rings. The van der Waals surface area contributed by atoms with Crippen LogP contribution in [0.5, 0.6) is 0 Å². The molecule has 8 atom stereocenters. The SMILES string of the molecule is CCCCC=CC=CC1OC(=O)CC2C[C@H](O)CC(CC3CCC[C@H](C[C@@H](C)C=C[C@@H]1C)O3)O2. The summed E-state index contributed by atoms with van der Waals surface area (Å²) in [6.45, 7) is 6.52. The molecule has 0 aromatic heterocycles. The molecule has 34 heavy (non-hydrogen) atoms. The van der Waals surface area contributed by atoms with E-state index in [2.05, 4.69) is 39.0 Å². The highest BCUT2D eigenvalue weighted by Crippen LogP contribution is 2.31. The lowest BCUT2D eigenvalue weighted by Gasteiger charge is -2.37. The van der Waals surface area contributed by atoms with Gasteiger partial charge in [0.1, 0.15) is 6.10 Å². The second-order valence-electron chi connectivity index (χ2n) is 10.6. The van der Waals surface area contributed by atoms with Crippen LogP contribution in [0.4, 0.5) is 0 Å². The normalized spacial score (nSPS) is 38.3. The molecule has 3 heterocycles. The first-order chi connectivity index (χ1) is 16.4. The van der Waals surface area contributed by atoms with Crippen LogP contribution in [0.1, 0.15) is 91.4 Å². The molecule has 3 rings (SSSR count). The predicted octanol–water partition coefficient (Wildman–Crippen LogP) is 6.06. The maximum absolute atomic E-state index is 12.9. The molecule has 3 aliphatic heterocycles. The predicted molar refractivity (Wildman–Crippen MR) is 135 cm³/mol. The van der Waals surface area contributed by atoms with Gasteiger partial charge in [-0.3, -0.25) is 4.79 Å². The van der Waals surface area contributed by atoms with Crippen LogP contribution in [-0.2, 0) is 19.0 Å². The van der Waals surface area contributed by atoms with E-state index < -0.39 is 6.10 Å². The Bertz CT molecular complexity index is 699. The van der Waals surface area contributed by atoms with Crippen LogP contribution >= 0.6 is 0 Å². The summed E-state index contributed by atoms with van der Waals surface area (Å²) in [6.07, 6.45) is 21.7. The van der Waals surface area contributed by atoms with E-state index in [0.29, 0.717) is 18.8 Å². The number of carbonyl (C=O) groups excluding carboxylic acids is 1. The molecule has 0 spiro atoms. The summed E-state index contributed by atoms with van der Waals surface area (Å²) < 4.78 is 18.6. The average molecular weight is 475 g/mol. The minimum Gasteiger partial charge on any atom is -0.457 e. The van der Waals surface area contributed by atoms with E-state index in [9.17, 15) is 9.90 Å². The number of aliphatic hydroxyl groups excluding tert-OH is 1. The summed E-state index contributed by atoms with van der Waals surface area (Å²) in [7, 11) is 0. The van der Waals surface area contributed by atoms with E-state index in [0.717, 1.165) is 32.1 Å². The van der Waals surface area contributed by atoms with Crippen molar-refractivity contribution in [3.63, 3.8) is 0 Å². The van der Waals surface area contributed by atoms with Gasteiger partial charge in [-0.2, -0.15) is 0 Å². The minimum atomic E-state index is -0.444. The number of hydrogen-bond donors (Lipinski definition) is 1. The van der Waals surface area contributed by atoms with Crippen molar-refractivity contribution in [2.75, 3.05) is 0 Å². The summed E-state index contributed by atoms with van der Waals surface area (Å²) in [5.41, 5.74) is 0. The minimum absolute atomic E-state index is 0.0604. The lowest BCUT2D eigenvalue weighted by atomic mass is 9.90. The van der Waals surface area contributed by atoms with Gasteiger partial charge in [0, 0.05) is 12.3 Å². The summed E-state index contributed by atoms with van der Waals surface area (Å²) in [5.74, 6) is 0.188. The second kappa shape index (κ2) is 14.2. The van der Waals surface area contributed by atoms with Gasteiger partial charge in [-0.25, -0.2) is 0 Å². The number of esters is 1. The number of allylic oxidation sites excluding steroid dienone is 4. The highest BCUT2D eigenvalue weighted by molar-refractivity contribution is 5.70. The third-order valence-corrected chi connectivity index (χ3v) is 7.25. The number of hydrogen-bond acceptors (Lipinski definition) is 5. The number of rotatable bonds is 5. The van der Waals surface area contributed by atoms with Gasteiger partial charge in [0.2, 0.25) is 0 Å². The lowest BCUT2D eigenvalue weighted by molar-refractivity contribution is -0.161. The molecule has 2 fully saturated rings. The van der Waals surface area contributed by atoms with Gasteiger partial charge >= 0.3 is 5.97 Å². The molecule has 5 nitrogen and oxygen atoms in total. The van der Waals surface area contributed by atoms with Crippen LogP contribution < -0.4 is 0 Å². The molecular weight excluding hydrogens is 428 g/mol. The zero-order valence-electron chi connectivity index (χ0n) is 21.4. The van der Waals surface area contributed by atoms with Crippen molar-refractivity contribution in [2.45, 2.75) is 128 Å². The summed E-state index contributed by atoms with van der Waals surface area (Å²) in [6, 6.07) is 0. The van der Waals surface area contributed by atoms with E-state index in [-0.39, 0.29) is 48.8 Å². The number of cyclic esters (lactones) is 1. The zero-order valence-corrected chi connectivity index (χ0v) is 21.4. The van der Waals surface area contributed by atoms with Crippen LogP contribution in [0.3, 0.4) is 0 Å². The molecule has 4 unspecified atom stereocenters. The first-order valence-electron chi connectivity index (χ1n) is 13.6. The summed E-state index contributed by atoms with van der Waals surface area (Å²) in [4.78, 5) is 12.9. The molecule has 0 saturated carbocycles. The summed E-state index contributed by atoms with van der Waals surface area (Å²) >= 11 is 0. The molecular formula is C29H46O5. The molecule has 5 heteroatoms. The van der Waals surface area contributed by atoms with Crippen molar-refractivity contribution in [1.82, 2.24) is 0 Å². The van der Waals surface area contributed by atoms with Gasteiger partial charge in [0.05, 0.1) is 36.9 Å². The molecule has 0 aromatic carbocycles. The van der Waals surface area contributed by atoms with E-state index in [1.54, 1.807) is 0 Å². The fourth-order valence-corrected chi connectivity index (χ4v) is 5.34. The van der Waals surface area contributed by atoms with Crippen molar-refractivity contribution >= 4 is 5.97 Å². The van der Waals surface area contributed by atoms with Crippen molar-refractivity contribution in [1.29, 1.82) is 0 Å². The lowest BCUT2D eigenvalue weighted by Crippen LogP contribution is -2.40. The van der Waals surface area contributed by atoms with Gasteiger partial charge in [-0.05, 0) is 56.9 Å². The van der Waals surface area contributed by atoms with Crippen LogP contribution in [0.2, 0.25) is 0 Å². The number of ether oxygens (including phenoxy) is 3. The van der Waals surface area contributed by atoms with Gasteiger partial charge < -0.3 is 19.3 Å². The highest BCUT2D eigenvalue weighted by Gasteiger charge is 2.34. The zero-order chi connectivity index (χ0) is 24.3. The first-order valence-corrected chi connectivity index (χ1v) is 13.6. The Hall–Kier alpha value is -1.43. The number of aliphatic hydroxyl groups is 1. The molecule has 2 saturated heterocycles. The smallest absolute Gasteiger partial charge is 0.309 e. The highest BCUT2D eigenvalue weighted by atomic mass is 16.6. The van der Waals surface area contributed by atoms with Crippen LogP contribution in [0.15, 0.2) is 36.5 Å². The quantitative estimate of drug-likeness (QED) is 0.227. The van der Waals surface area contributed by atoms with E-state index in [1.807, 2.05) is 18.2 Å². The Morgan fingerprint density at radius 1 is 0.971 bits per heavy atom. The van der Waals surface area contributed by atoms with Gasteiger partial charge in [0.25, 0.3) is 0 Å². The van der Waals surface area contributed by atoms with Crippen LogP contribution in [0, 0.1) is 11.8 Å². The summed E-state index contributed by atoms with van der Waals surface area (Å²) in [5, 5.41) is 10.4. The van der Waals surface area contributed by atoms with Crippen molar-refractivity contribution in [3.05, 3.63) is 36.5 Å². The number of carbonyl (C=O) groups is 1. The fourth-order valence-electron chi connectivity index (χ4n) is 5.34. The topological polar surface area (TPSA) is 65.0 Å². The fraction of sp³-hybridized carbons (Fsp3) is 0.759.